The van der Waals surface area contributed by atoms with Gasteiger partial charge in [0, 0.05) is 6.08 Å². The van der Waals surface area contributed by atoms with Gasteiger partial charge in [0.15, 0.2) is 0 Å². The summed E-state index contributed by atoms with van der Waals surface area (Å²) >= 11 is 0. The molecule has 1 heterocycles. The molecule has 0 aliphatic heterocycles. The number of ether oxygens (including phenoxy) is 1. The van der Waals surface area contributed by atoms with Crippen LogP contribution in [0, 0.1) is 0 Å². The number of imidazole rings is 1. The second-order valence-corrected chi connectivity index (χ2v) is 5.73. The Morgan fingerprint density at radius 2 is 1.86 bits per heavy atom. The molecule has 0 spiro atoms. The maximum atomic E-state index is 10.7. The van der Waals surface area contributed by atoms with Gasteiger partial charge in [-0.15, -0.1) is 0 Å². The van der Waals surface area contributed by atoms with E-state index in [2.05, 4.69) is 18.1 Å². The molecule has 0 aromatic carbocycles. The van der Waals surface area contributed by atoms with Gasteiger partial charge in [-0.25, -0.2) is 13.9 Å². The summed E-state index contributed by atoms with van der Waals surface area (Å²) in [5.41, 5.74) is 0. The molecule has 0 aliphatic rings. The SMILES string of the molecule is C=CC(=O)OCC[n+]1ccn(CC)c1.F[P-](F)(F)(F)(F)F. The Hall–Kier alpha value is -1.57. The van der Waals surface area contributed by atoms with Crippen LogP contribution in [0.25, 0.3) is 0 Å². The average molecular weight is 340 g/mol. The van der Waals surface area contributed by atoms with E-state index in [-0.39, 0.29) is 5.97 Å². The molecule has 124 valence electrons. The molecule has 0 N–H and O–H groups in total. The molecule has 0 aliphatic carbocycles. The monoisotopic (exact) mass is 340 g/mol. The molecule has 0 saturated carbocycles. The van der Waals surface area contributed by atoms with Crippen molar-refractivity contribution in [2.45, 2.75) is 20.0 Å². The Kier molecular flexibility index (Phi) is 5.59. The Bertz CT molecular complexity index is 485. The fourth-order valence-electron chi connectivity index (χ4n) is 1.07. The Morgan fingerprint density at radius 3 is 2.24 bits per heavy atom. The number of nitrogens with zero attached hydrogens (tertiary/aromatic N) is 2. The van der Waals surface area contributed by atoms with Gasteiger partial charge in [-0.2, -0.15) is 0 Å². The van der Waals surface area contributed by atoms with Gasteiger partial charge >= 0.3 is 39.0 Å². The molecule has 0 radical (unpaired) electrons. The van der Waals surface area contributed by atoms with Crippen LogP contribution >= 0.6 is 7.81 Å². The summed E-state index contributed by atoms with van der Waals surface area (Å²) in [7, 11) is -10.7. The van der Waals surface area contributed by atoms with E-state index in [9.17, 15) is 30.0 Å². The second kappa shape index (κ2) is 6.05. The molecule has 0 bridgehead atoms. The number of hydrogen-bond donors (Lipinski definition) is 0. The van der Waals surface area contributed by atoms with Gasteiger partial charge in [0.05, 0.1) is 6.54 Å². The van der Waals surface area contributed by atoms with Gasteiger partial charge in [-0.3, -0.25) is 0 Å². The predicted molar refractivity (Wildman–Crippen MR) is 65.0 cm³/mol. The number of carbonyl (C=O) groups is 1. The molecule has 0 fully saturated rings. The van der Waals surface area contributed by atoms with Gasteiger partial charge in [-0.05, 0) is 6.92 Å². The van der Waals surface area contributed by atoms with E-state index in [0.717, 1.165) is 6.54 Å². The second-order valence-electron chi connectivity index (χ2n) is 3.81. The molecular formula is C10H15F6N2O2P. The number of halogens is 6. The van der Waals surface area contributed by atoms with E-state index in [1.54, 1.807) is 0 Å². The van der Waals surface area contributed by atoms with Gasteiger partial charge in [0.2, 0.25) is 6.33 Å². The Balaban J connectivity index is 0.000000486. The Labute approximate surface area is 116 Å². The molecule has 0 amide bonds. The van der Waals surface area contributed by atoms with E-state index in [1.165, 1.54) is 6.08 Å². The zero-order valence-corrected chi connectivity index (χ0v) is 12.0. The van der Waals surface area contributed by atoms with Gasteiger partial charge in [0.1, 0.15) is 25.5 Å². The van der Waals surface area contributed by atoms with Crippen molar-refractivity contribution in [1.29, 1.82) is 0 Å². The van der Waals surface area contributed by atoms with E-state index >= 15 is 0 Å². The van der Waals surface area contributed by atoms with E-state index < -0.39 is 7.81 Å². The van der Waals surface area contributed by atoms with Crippen LogP contribution in [0.2, 0.25) is 0 Å². The summed E-state index contributed by atoms with van der Waals surface area (Å²) < 4.78 is 68.1. The van der Waals surface area contributed by atoms with Crippen LogP contribution in [-0.2, 0) is 22.6 Å². The molecule has 0 atom stereocenters. The molecule has 21 heavy (non-hydrogen) atoms. The molecule has 1 aromatic rings. The molecule has 4 nitrogen and oxygen atoms in total. The van der Waals surface area contributed by atoms with Crippen molar-refractivity contribution in [3.8, 4) is 0 Å². The first-order chi connectivity index (χ1) is 9.21. The van der Waals surface area contributed by atoms with Crippen molar-refractivity contribution in [1.82, 2.24) is 4.57 Å². The third-order valence-electron chi connectivity index (χ3n) is 1.87. The fourth-order valence-corrected chi connectivity index (χ4v) is 1.07. The Morgan fingerprint density at radius 1 is 1.33 bits per heavy atom. The third kappa shape index (κ3) is 16.4. The van der Waals surface area contributed by atoms with Gasteiger partial charge in [0.25, 0.3) is 0 Å². The van der Waals surface area contributed by atoms with Crippen LogP contribution in [0.4, 0.5) is 25.2 Å². The third-order valence-corrected chi connectivity index (χ3v) is 1.87. The summed E-state index contributed by atoms with van der Waals surface area (Å²) in [5.74, 6) is -0.375. The number of aromatic nitrogens is 2. The van der Waals surface area contributed by atoms with E-state index in [0.29, 0.717) is 13.2 Å². The van der Waals surface area contributed by atoms with Crippen molar-refractivity contribution in [3.63, 3.8) is 0 Å². The predicted octanol–water partition coefficient (Wildman–Crippen LogP) is 3.91. The summed E-state index contributed by atoms with van der Waals surface area (Å²) in [4.78, 5) is 10.7. The zero-order chi connectivity index (χ0) is 16.8. The minimum absolute atomic E-state index is 0.375. The number of esters is 1. The van der Waals surface area contributed by atoms with Crippen molar-refractivity contribution in [2.75, 3.05) is 6.61 Å². The van der Waals surface area contributed by atoms with Crippen molar-refractivity contribution < 1.29 is 39.3 Å². The van der Waals surface area contributed by atoms with Crippen molar-refractivity contribution in [3.05, 3.63) is 31.4 Å². The minimum atomic E-state index is -10.7. The van der Waals surface area contributed by atoms with Crippen LogP contribution in [0.5, 0.6) is 0 Å². The number of rotatable bonds is 5. The van der Waals surface area contributed by atoms with Gasteiger partial charge < -0.3 is 4.74 Å². The number of aryl methyl sites for hydroxylation is 1. The van der Waals surface area contributed by atoms with E-state index in [4.69, 9.17) is 4.74 Å². The van der Waals surface area contributed by atoms with Crippen LogP contribution < -0.4 is 4.57 Å². The van der Waals surface area contributed by atoms with Crippen molar-refractivity contribution >= 4 is 13.8 Å². The van der Waals surface area contributed by atoms with Gasteiger partial charge in [-0.1, -0.05) is 6.58 Å². The topological polar surface area (TPSA) is 35.1 Å². The quantitative estimate of drug-likeness (QED) is 0.268. The fraction of sp³-hybridized carbons (Fsp3) is 0.400. The maximum absolute atomic E-state index is 10.7. The average Bonchev–Trinajstić information content (AvgIpc) is 2.72. The first-order valence-electron chi connectivity index (χ1n) is 5.61. The summed E-state index contributed by atoms with van der Waals surface area (Å²) in [6.07, 6.45) is 7.07. The first kappa shape index (κ1) is 19.4. The summed E-state index contributed by atoms with van der Waals surface area (Å²) in [6, 6.07) is 0. The molecule has 0 saturated heterocycles. The molecule has 1 aromatic heterocycles. The summed E-state index contributed by atoms with van der Waals surface area (Å²) in [5, 5.41) is 0. The molecule has 0 unspecified atom stereocenters. The van der Waals surface area contributed by atoms with Crippen molar-refractivity contribution in [2.24, 2.45) is 0 Å². The van der Waals surface area contributed by atoms with E-state index in [1.807, 2.05) is 23.3 Å². The molecule has 11 heteroatoms. The zero-order valence-electron chi connectivity index (χ0n) is 11.1. The normalized spacial score (nSPS) is 14.2. The molecular weight excluding hydrogens is 325 g/mol. The number of carbonyl (C=O) groups excluding carboxylic acids is 1. The standard InChI is InChI=1S/C10H15N2O2.F6P/c1-3-10(13)14-8-7-12-6-5-11(4-2)9-12;1-7(2,3,4,5)6/h3,5-6,9H,1,4,7-8H2,2H3;/q+1;-1. The van der Waals surface area contributed by atoms with Crippen LogP contribution in [0.3, 0.4) is 0 Å². The summed E-state index contributed by atoms with van der Waals surface area (Å²) in [6.45, 7) is 7.38. The van der Waals surface area contributed by atoms with Crippen LogP contribution in [0.15, 0.2) is 31.4 Å². The van der Waals surface area contributed by atoms with Crippen LogP contribution in [-0.4, -0.2) is 17.1 Å². The van der Waals surface area contributed by atoms with Crippen LogP contribution in [0.1, 0.15) is 6.92 Å². The molecule has 1 rings (SSSR count). The number of hydrogen-bond acceptors (Lipinski definition) is 2. The first-order valence-corrected chi connectivity index (χ1v) is 7.64.